The molecule has 2 aromatic carbocycles. The Bertz CT molecular complexity index is 740. The number of pyridine rings is 1. The summed E-state index contributed by atoms with van der Waals surface area (Å²) in [6, 6.07) is 14.6. The summed E-state index contributed by atoms with van der Waals surface area (Å²) in [5, 5.41) is 12.8. The second-order valence-electron chi connectivity index (χ2n) is 3.85. The fourth-order valence-corrected chi connectivity index (χ4v) is 1.97. The molecule has 0 saturated heterocycles. The van der Waals surface area contributed by atoms with E-state index in [2.05, 4.69) is 4.98 Å². The third-order valence-corrected chi connectivity index (χ3v) is 2.77. The van der Waals surface area contributed by atoms with E-state index >= 15 is 0 Å². The summed E-state index contributed by atoms with van der Waals surface area (Å²) in [5.74, 6) is -1.20. The van der Waals surface area contributed by atoms with Crippen molar-refractivity contribution in [2.75, 3.05) is 0 Å². The third-order valence-electron chi connectivity index (χ3n) is 2.77. The van der Waals surface area contributed by atoms with Crippen LogP contribution < -0.4 is 34.7 Å². The van der Waals surface area contributed by atoms with Crippen LogP contribution in [0.3, 0.4) is 0 Å². The summed E-state index contributed by atoms with van der Waals surface area (Å²) >= 11 is 0. The van der Waals surface area contributed by atoms with Crippen molar-refractivity contribution in [1.29, 1.82) is 0 Å². The van der Waals surface area contributed by atoms with Gasteiger partial charge in [0.2, 0.25) is 0 Å². The average Bonchev–Trinajstić information content (AvgIpc) is 2.35. The van der Waals surface area contributed by atoms with Crippen molar-refractivity contribution in [3.05, 3.63) is 54.1 Å². The van der Waals surface area contributed by atoms with Crippen LogP contribution in [0.25, 0.3) is 21.8 Å². The number of hydrogen-bond donors (Lipinski definition) is 0. The van der Waals surface area contributed by atoms with E-state index in [-0.39, 0.29) is 35.1 Å². The molecule has 0 aliphatic rings. The molecule has 0 saturated carbocycles. The summed E-state index contributed by atoms with van der Waals surface area (Å²) in [6.45, 7) is 0. The number of carboxylic acids is 1. The minimum Gasteiger partial charge on any atom is -0.545 e. The van der Waals surface area contributed by atoms with Crippen LogP contribution in [-0.4, -0.2) is 11.0 Å². The number of carbonyl (C=O) groups excluding carboxylic acids is 1. The van der Waals surface area contributed by atoms with E-state index < -0.39 is 5.97 Å². The van der Waals surface area contributed by atoms with Gasteiger partial charge in [-0.05, 0) is 12.1 Å². The summed E-state index contributed by atoms with van der Waals surface area (Å²) in [7, 11) is 0. The van der Waals surface area contributed by atoms with E-state index in [0.29, 0.717) is 5.52 Å². The van der Waals surface area contributed by atoms with Crippen molar-refractivity contribution in [2.45, 2.75) is 0 Å². The molecule has 18 heavy (non-hydrogen) atoms. The van der Waals surface area contributed by atoms with Crippen molar-refractivity contribution in [2.24, 2.45) is 0 Å². The van der Waals surface area contributed by atoms with Crippen molar-refractivity contribution in [3.63, 3.8) is 0 Å². The van der Waals surface area contributed by atoms with Gasteiger partial charge in [0.15, 0.2) is 0 Å². The Hall–Kier alpha value is -1.42. The molecule has 0 N–H and O–H groups in total. The zero-order valence-electron chi connectivity index (χ0n) is 9.88. The summed E-state index contributed by atoms with van der Waals surface area (Å²) in [6.07, 6.45) is 0. The van der Waals surface area contributed by atoms with Gasteiger partial charge in [0.1, 0.15) is 0 Å². The number of aromatic nitrogens is 1. The van der Waals surface area contributed by atoms with Crippen LogP contribution in [0.5, 0.6) is 0 Å². The molecule has 3 nitrogen and oxygen atoms in total. The van der Waals surface area contributed by atoms with Crippen LogP contribution in [0.4, 0.5) is 0 Å². The van der Waals surface area contributed by atoms with Crippen molar-refractivity contribution < 1.29 is 39.5 Å². The first-order valence-corrected chi connectivity index (χ1v) is 5.25. The number of nitrogens with zero attached hydrogens (tertiary/aromatic N) is 1. The first-order valence-electron chi connectivity index (χ1n) is 5.25. The minimum atomic E-state index is -1.20. The average molecular weight is 245 g/mol. The first-order chi connectivity index (χ1) is 8.25. The summed E-state index contributed by atoms with van der Waals surface area (Å²) in [5.41, 5.74) is 1.40. The molecule has 4 heteroatoms. The Kier molecular flexibility index (Phi) is 3.66. The Labute approximate surface area is 126 Å². The van der Waals surface area contributed by atoms with Gasteiger partial charge in [0.05, 0.1) is 17.0 Å². The normalized spacial score (nSPS) is 10.2. The van der Waals surface area contributed by atoms with Gasteiger partial charge in [0.25, 0.3) is 0 Å². The Morgan fingerprint density at radius 3 is 2.50 bits per heavy atom. The molecular formula is C14H8NNaO2. The van der Waals surface area contributed by atoms with E-state index in [4.69, 9.17) is 0 Å². The molecule has 0 bridgehead atoms. The monoisotopic (exact) mass is 245 g/mol. The largest absolute Gasteiger partial charge is 1.00 e. The standard InChI is InChI=1S/C14H9NO2.Na/c16-14(17)11-6-3-5-10-8-9-4-1-2-7-12(9)15-13(10)11;/h1-8H,(H,16,17);/q;+1/p-1. The fourth-order valence-electron chi connectivity index (χ4n) is 1.97. The summed E-state index contributed by atoms with van der Waals surface area (Å²) < 4.78 is 0. The van der Waals surface area contributed by atoms with Gasteiger partial charge in [-0.3, -0.25) is 0 Å². The van der Waals surface area contributed by atoms with Gasteiger partial charge in [-0.1, -0.05) is 36.4 Å². The van der Waals surface area contributed by atoms with E-state index in [9.17, 15) is 9.90 Å². The number of benzene rings is 2. The van der Waals surface area contributed by atoms with Gasteiger partial charge in [-0.15, -0.1) is 0 Å². The van der Waals surface area contributed by atoms with Crippen molar-refractivity contribution in [3.8, 4) is 0 Å². The Morgan fingerprint density at radius 1 is 1.00 bits per heavy atom. The maximum absolute atomic E-state index is 11.0. The molecular weight excluding hydrogens is 237 g/mol. The van der Waals surface area contributed by atoms with Crippen LogP contribution in [0, 0.1) is 0 Å². The molecule has 0 radical (unpaired) electrons. The molecule has 1 heterocycles. The number of carboxylic acid groups (broad SMARTS) is 1. The number of rotatable bonds is 1. The Morgan fingerprint density at radius 2 is 1.72 bits per heavy atom. The topological polar surface area (TPSA) is 53.0 Å². The molecule has 0 spiro atoms. The Balaban J connectivity index is 0.00000120. The quantitative estimate of drug-likeness (QED) is 0.398. The molecule has 0 unspecified atom stereocenters. The van der Waals surface area contributed by atoms with Gasteiger partial charge in [-0.2, -0.15) is 0 Å². The predicted octanol–water partition coefficient (Wildman–Crippen LogP) is -1.24. The maximum atomic E-state index is 11.0. The molecule has 0 aliphatic heterocycles. The molecule has 0 aliphatic carbocycles. The van der Waals surface area contributed by atoms with Gasteiger partial charge < -0.3 is 9.90 Å². The SMILES string of the molecule is O=C([O-])c1cccc2cc3ccccc3nc12.[Na+]. The smallest absolute Gasteiger partial charge is 0.545 e. The van der Waals surface area contributed by atoms with Crippen LogP contribution in [0.2, 0.25) is 0 Å². The van der Waals surface area contributed by atoms with E-state index in [1.165, 1.54) is 6.07 Å². The maximum Gasteiger partial charge on any atom is 1.00 e. The van der Waals surface area contributed by atoms with Gasteiger partial charge in [0, 0.05) is 16.3 Å². The van der Waals surface area contributed by atoms with Gasteiger partial charge >= 0.3 is 29.6 Å². The third kappa shape index (κ3) is 2.12. The van der Waals surface area contributed by atoms with Crippen molar-refractivity contribution in [1.82, 2.24) is 4.98 Å². The summed E-state index contributed by atoms with van der Waals surface area (Å²) in [4.78, 5) is 15.4. The molecule has 3 rings (SSSR count). The number of aromatic carboxylic acids is 1. The first kappa shape index (κ1) is 13.0. The molecule has 0 atom stereocenters. The zero-order valence-corrected chi connectivity index (χ0v) is 11.9. The molecule has 82 valence electrons. The molecule has 3 aromatic rings. The van der Waals surface area contributed by atoms with Crippen LogP contribution >= 0.6 is 0 Å². The van der Waals surface area contributed by atoms with E-state index in [1.807, 2.05) is 36.4 Å². The fraction of sp³-hybridized carbons (Fsp3) is 0. The van der Waals surface area contributed by atoms with Crippen LogP contribution in [-0.2, 0) is 0 Å². The second kappa shape index (κ2) is 5.06. The number of para-hydroxylation sites is 2. The van der Waals surface area contributed by atoms with Gasteiger partial charge in [-0.25, -0.2) is 4.98 Å². The number of fused-ring (bicyclic) bond motifs is 2. The molecule has 0 amide bonds. The molecule has 0 fully saturated rings. The number of hydrogen-bond acceptors (Lipinski definition) is 3. The van der Waals surface area contributed by atoms with Crippen molar-refractivity contribution >= 4 is 27.8 Å². The van der Waals surface area contributed by atoms with Crippen LogP contribution in [0.15, 0.2) is 48.5 Å². The van der Waals surface area contributed by atoms with Crippen LogP contribution in [0.1, 0.15) is 10.4 Å². The van der Waals surface area contributed by atoms with E-state index in [0.717, 1.165) is 16.3 Å². The predicted molar refractivity (Wildman–Crippen MR) is 63.6 cm³/mol. The van der Waals surface area contributed by atoms with E-state index in [1.54, 1.807) is 6.07 Å². The molecule has 1 aromatic heterocycles. The second-order valence-corrected chi connectivity index (χ2v) is 3.85. The minimum absolute atomic E-state index is 0. The zero-order chi connectivity index (χ0) is 11.8. The number of carbonyl (C=O) groups is 1.